The minimum absolute atomic E-state index is 0.0986. The first-order valence-electron chi connectivity index (χ1n) is 4.80. The number of aryl methyl sites for hydroxylation is 2. The van der Waals surface area contributed by atoms with Gasteiger partial charge < -0.3 is 5.32 Å². The highest BCUT2D eigenvalue weighted by atomic mass is 32.1. The fourth-order valence-corrected chi connectivity index (χ4v) is 2.92. The van der Waals surface area contributed by atoms with Crippen LogP contribution in [0.5, 0.6) is 0 Å². The highest BCUT2D eigenvalue weighted by Crippen LogP contribution is 2.30. The molecule has 0 saturated carbocycles. The number of hydrogen-bond donors (Lipinski definition) is 1. The van der Waals surface area contributed by atoms with Gasteiger partial charge in [-0.3, -0.25) is 4.79 Å². The van der Waals surface area contributed by atoms with Crippen LogP contribution >= 0.6 is 11.3 Å². The van der Waals surface area contributed by atoms with Crippen LogP contribution in [-0.4, -0.2) is 5.91 Å². The molecule has 1 heterocycles. The van der Waals surface area contributed by atoms with E-state index in [1.165, 1.54) is 40.7 Å². The molecule has 74 valence electrons. The Kier molecular flexibility index (Phi) is 2.68. The Bertz CT molecular complexity index is 346. The van der Waals surface area contributed by atoms with Gasteiger partial charge in [0.2, 0.25) is 5.91 Å². The molecule has 3 heteroatoms. The van der Waals surface area contributed by atoms with Gasteiger partial charge in [0, 0.05) is 9.75 Å². The molecule has 0 bridgehead atoms. The van der Waals surface area contributed by atoms with Crippen molar-refractivity contribution < 1.29 is 4.79 Å². The standard InChI is InChI=1S/C11H13NOS/c1-2-11(13)12-7-9-6-8-4-3-5-10(8)14-9/h2,6H,1,3-5,7H2,(H,12,13). The predicted octanol–water partition coefficient (Wildman–Crippen LogP) is 2.04. The van der Waals surface area contributed by atoms with Crippen LogP contribution in [0.1, 0.15) is 21.7 Å². The minimum atomic E-state index is -0.0986. The van der Waals surface area contributed by atoms with Crippen LogP contribution in [0.15, 0.2) is 18.7 Å². The third kappa shape index (κ3) is 1.87. The lowest BCUT2D eigenvalue weighted by atomic mass is 10.2. The van der Waals surface area contributed by atoms with Crippen LogP contribution in [0.4, 0.5) is 0 Å². The second kappa shape index (κ2) is 3.96. The normalized spacial score (nSPS) is 13.7. The van der Waals surface area contributed by atoms with E-state index in [1.807, 2.05) is 11.3 Å². The van der Waals surface area contributed by atoms with Crippen molar-refractivity contribution in [3.63, 3.8) is 0 Å². The van der Waals surface area contributed by atoms with Crippen LogP contribution in [0.2, 0.25) is 0 Å². The van der Waals surface area contributed by atoms with E-state index >= 15 is 0 Å². The molecule has 2 nitrogen and oxygen atoms in total. The third-order valence-electron chi connectivity index (χ3n) is 2.42. The Morgan fingerprint density at radius 3 is 3.21 bits per heavy atom. The molecule has 14 heavy (non-hydrogen) atoms. The van der Waals surface area contributed by atoms with Gasteiger partial charge >= 0.3 is 0 Å². The van der Waals surface area contributed by atoms with Crippen molar-refractivity contribution in [3.05, 3.63) is 34.0 Å². The average Bonchev–Trinajstić information content (AvgIpc) is 2.73. The van der Waals surface area contributed by atoms with Gasteiger partial charge in [0.25, 0.3) is 0 Å². The largest absolute Gasteiger partial charge is 0.348 e. The highest BCUT2D eigenvalue weighted by molar-refractivity contribution is 7.12. The van der Waals surface area contributed by atoms with Crippen molar-refractivity contribution in [2.45, 2.75) is 25.8 Å². The Labute approximate surface area is 87.6 Å². The Hall–Kier alpha value is -1.09. The second-order valence-electron chi connectivity index (χ2n) is 3.44. The Morgan fingerprint density at radius 1 is 1.64 bits per heavy atom. The molecule has 1 N–H and O–H groups in total. The van der Waals surface area contributed by atoms with Crippen LogP contribution < -0.4 is 5.32 Å². The van der Waals surface area contributed by atoms with E-state index in [-0.39, 0.29) is 5.91 Å². The number of hydrogen-bond acceptors (Lipinski definition) is 2. The molecule has 0 fully saturated rings. The SMILES string of the molecule is C=CC(=O)NCc1cc2c(s1)CCC2. The Balaban J connectivity index is 1.97. The van der Waals surface area contributed by atoms with Crippen LogP contribution in [0.25, 0.3) is 0 Å². The lowest BCUT2D eigenvalue weighted by Gasteiger charge is -1.98. The topological polar surface area (TPSA) is 29.1 Å². The number of nitrogens with one attached hydrogen (secondary N) is 1. The summed E-state index contributed by atoms with van der Waals surface area (Å²) in [6, 6.07) is 2.22. The Morgan fingerprint density at radius 2 is 2.50 bits per heavy atom. The van der Waals surface area contributed by atoms with E-state index in [0.29, 0.717) is 6.54 Å². The van der Waals surface area contributed by atoms with E-state index in [9.17, 15) is 4.79 Å². The molecule has 1 aromatic heterocycles. The molecule has 0 unspecified atom stereocenters. The van der Waals surface area contributed by atoms with Crippen molar-refractivity contribution in [2.24, 2.45) is 0 Å². The molecule has 0 radical (unpaired) electrons. The summed E-state index contributed by atoms with van der Waals surface area (Å²) in [5.74, 6) is -0.0986. The zero-order valence-corrected chi connectivity index (χ0v) is 8.82. The molecule has 0 saturated heterocycles. The van der Waals surface area contributed by atoms with Gasteiger partial charge in [0.05, 0.1) is 6.54 Å². The lowest BCUT2D eigenvalue weighted by Crippen LogP contribution is -2.19. The summed E-state index contributed by atoms with van der Waals surface area (Å²) < 4.78 is 0. The summed E-state index contributed by atoms with van der Waals surface area (Å²) in [5.41, 5.74) is 1.48. The summed E-state index contributed by atoms with van der Waals surface area (Å²) in [6.45, 7) is 4.06. The van der Waals surface area contributed by atoms with Crippen molar-refractivity contribution >= 4 is 17.2 Å². The van der Waals surface area contributed by atoms with E-state index in [0.717, 1.165) is 0 Å². The van der Waals surface area contributed by atoms with Crippen molar-refractivity contribution in [1.29, 1.82) is 0 Å². The van der Waals surface area contributed by atoms with Gasteiger partial charge in [-0.15, -0.1) is 11.3 Å². The van der Waals surface area contributed by atoms with Crippen LogP contribution in [0.3, 0.4) is 0 Å². The van der Waals surface area contributed by atoms with Gasteiger partial charge in [-0.1, -0.05) is 6.58 Å². The molecular formula is C11H13NOS. The maximum absolute atomic E-state index is 10.9. The number of rotatable bonds is 3. The van der Waals surface area contributed by atoms with Gasteiger partial charge in [0.1, 0.15) is 0 Å². The quantitative estimate of drug-likeness (QED) is 0.755. The molecule has 2 rings (SSSR count). The monoisotopic (exact) mass is 207 g/mol. The second-order valence-corrected chi connectivity index (χ2v) is 4.66. The summed E-state index contributed by atoms with van der Waals surface area (Å²) in [5, 5.41) is 2.79. The average molecular weight is 207 g/mol. The molecule has 0 aliphatic heterocycles. The van der Waals surface area contributed by atoms with Crippen LogP contribution in [0, 0.1) is 0 Å². The maximum atomic E-state index is 10.9. The van der Waals surface area contributed by atoms with Crippen molar-refractivity contribution in [3.8, 4) is 0 Å². The number of carbonyl (C=O) groups is 1. The maximum Gasteiger partial charge on any atom is 0.243 e. The number of carbonyl (C=O) groups excluding carboxylic acids is 1. The first-order valence-corrected chi connectivity index (χ1v) is 5.62. The van der Waals surface area contributed by atoms with Gasteiger partial charge in [-0.2, -0.15) is 0 Å². The fraction of sp³-hybridized carbons (Fsp3) is 0.364. The summed E-state index contributed by atoms with van der Waals surface area (Å²) in [7, 11) is 0. The number of thiophene rings is 1. The van der Waals surface area contributed by atoms with Gasteiger partial charge in [-0.05, 0) is 37.0 Å². The predicted molar refractivity (Wildman–Crippen MR) is 58.4 cm³/mol. The molecule has 0 aromatic carbocycles. The number of fused-ring (bicyclic) bond motifs is 1. The third-order valence-corrected chi connectivity index (χ3v) is 3.66. The van der Waals surface area contributed by atoms with E-state index in [4.69, 9.17) is 0 Å². The van der Waals surface area contributed by atoms with Crippen LogP contribution in [-0.2, 0) is 24.2 Å². The highest BCUT2D eigenvalue weighted by Gasteiger charge is 2.14. The van der Waals surface area contributed by atoms with Crippen molar-refractivity contribution in [2.75, 3.05) is 0 Å². The molecule has 0 atom stereocenters. The zero-order valence-electron chi connectivity index (χ0n) is 8.01. The zero-order chi connectivity index (χ0) is 9.97. The molecule has 0 spiro atoms. The van der Waals surface area contributed by atoms with E-state index < -0.39 is 0 Å². The van der Waals surface area contributed by atoms with Crippen molar-refractivity contribution in [1.82, 2.24) is 5.32 Å². The molecular weight excluding hydrogens is 194 g/mol. The van der Waals surface area contributed by atoms with Gasteiger partial charge in [0.15, 0.2) is 0 Å². The minimum Gasteiger partial charge on any atom is -0.348 e. The lowest BCUT2D eigenvalue weighted by molar-refractivity contribution is -0.116. The first-order chi connectivity index (χ1) is 6.79. The smallest absolute Gasteiger partial charge is 0.243 e. The fourth-order valence-electron chi connectivity index (χ4n) is 1.72. The molecule has 1 amide bonds. The summed E-state index contributed by atoms with van der Waals surface area (Å²) in [6.07, 6.45) is 5.03. The molecule has 1 aliphatic carbocycles. The number of amides is 1. The first kappa shape index (κ1) is 9.46. The summed E-state index contributed by atoms with van der Waals surface area (Å²) in [4.78, 5) is 13.7. The molecule has 1 aromatic rings. The van der Waals surface area contributed by atoms with Gasteiger partial charge in [-0.25, -0.2) is 0 Å². The molecule has 1 aliphatic rings. The van der Waals surface area contributed by atoms with E-state index in [2.05, 4.69) is 18.0 Å². The summed E-state index contributed by atoms with van der Waals surface area (Å²) >= 11 is 1.83. The van der Waals surface area contributed by atoms with E-state index in [1.54, 1.807) is 0 Å².